The topological polar surface area (TPSA) is 104 Å². The van der Waals surface area contributed by atoms with E-state index in [-0.39, 0.29) is 17.9 Å². The number of aryl methyl sites for hydroxylation is 1. The molecule has 0 spiro atoms. The van der Waals surface area contributed by atoms with Crippen molar-refractivity contribution in [3.63, 3.8) is 0 Å². The van der Waals surface area contributed by atoms with Crippen molar-refractivity contribution in [3.8, 4) is 11.5 Å². The molecule has 0 saturated carbocycles. The van der Waals surface area contributed by atoms with Gasteiger partial charge in [-0.25, -0.2) is 0 Å². The SMILES string of the molecule is Cc1ccc(-c2cc(C(=O)N(Cc3ccccn3)C[C@@H]3CCC(=O)N3)n[nH]2)o1. The Hall–Kier alpha value is -3.42. The van der Waals surface area contributed by atoms with Crippen LogP contribution in [0.15, 0.2) is 47.0 Å². The van der Waals surface area contributed by atoms with Crippen molar-refractivity contribution in [2.75, 3.05) is 6.54 Å². The van der Waals surface area contributed by atoms with Gasteiger partial charge in [-0.1, -0.05) is 6.07 Å². The molecule has 28 heavy (non-hydrogen) atoms. The molecule has 8 nitrogen and oxygen atoms in total. The number of hydrogen-bond acceptors (Lipinski definition) is 5. The summed E-state index contributed by atoms with van der Waals surface area (Å²) in [5.41, 5.74) is 1.71. The summed E-state index contributed by atoms with van der Waals surface area (Å²) in [6.45, 7) is 2.60. The summed E-state index contributed by atoms with van der Waals surface area (Å²) < 4.78 is 5.58. The highest BCUT2D eigenvalue weighted by Gasteiger charge is 2.27. The monoisotopic (exact) mass is 379 g/mol. The number of rotatable bonds is 6. The summed E-state index contributed by atoms with van der Waals surface area (Å²) in [5.74, 6) is 1.21. The Morgan fingerprint density at radius 3 is 2.89 bits per heavy atom. The zero-order chi connectivity index (χ0) is 19.5. The van der Waals surface area contributed by atoms with Gasteiger partial charge in [-0.05, 0) is 37.6 Å². The van der Waals surface area contributed by atoms with Crippen molar-refractivity contribution in [1.82, 2.24) is 25.4 Å². The molecule has 2 amide bonds. The highest BCUT2D eigenvalue weighted by atomic mass is 16.3. The molecule has 0 aromatic carbocycles. The molecule has 0 unspecified atom stereocenters. The van der Waals surface area contributed by atoms with Crippen molar-refractivity contribution in [2.24, 2.45) is 0 Å². The zero-order valence-electron chi connectivity index (χ0n) is 15.5. The molecule has 3 aromatic rings. The van der Waals surface area contributed by atoms with E-state index in [1.165, 1.54) is 0 Å². The van der Waals surface area contributed by atoms with E-state index >= 15 is 0 Å². The molecule has 1 atom stereocenters. The summed E-state index contributed by atoms with van der Waals surface area (Å²) in [5, 5.41) is 9.94. The summed E-state index contributed by atoms with van der Waals surface area (Å²) >= 11 is 0. The van der Waals surface area contributed by atoms with Crippen LogP contribution in [-0.2, 0) is 11.3 Å². The number of furan rings is 1. The predicted molar refractivity (Wildman–Crippen MR) is 101 cm³/mol. The lowest BCUT2D eigenvalue weighted by Crippen LogP contribution is -2.41. The van der Waals surface area contributed by atoms with Crippen LogP contribution in [0, 0.1) is 6.92 Å². The molecule has 144 valence electrons. The van der Waals surface area contributed by atoms with Gasteiger partial charge in [0, 0.05) is 31.3 Å². The first kappa shape index (κ1) is 18.0. The lowest BCUT2D eigenvalue weighted by Gasteiger charge is -2.24. The predicted octanol–water partition coefficient (Wildman–Crippen LogP) is 2.29. The number of pyridine rings is 1. The smallest absolute Gasteiger partial charge is 0.274 e. The van der Waals surface area contributed by atoms with Crippen LogP contribution in [0.2, 0.25) is 0 Å². The Morgan fingerprint density at radius 1 is 1.32 bits per heavy atom. The largest absolute Gasteiger partial charge is 0.460 e. The van der Waals surface area contributed by atoms with Gasteiger partial charge in [-0.2, -0.15) is 5.10 Å². The Bertz CT molecular complexity index is 979. The first-order valence-electron chi connectivity index (χ1n) is 9.19. The average Bonchev–Trinajstić information content (AvgIpc) is 3.43. The molecule has 0 bridgehead atoms. The first-order chi connectivity index (χ1) is 13.6. The van der Waals surface area contributed by atoms with E-state index in [4.69, 9.17) is 4.42 Å². The van der Waals surface area contributed by atoms with Crippen LogP contribution in [0.1, 0.15) is 34.8 Å². The van der Waals surface area contributed by atoms with Gasteiger partial charge >= 0.3 is 0 Å². The third-order valence-corrected chi connectivity index (χ3v) is 4.69. The minimum absolute atomic E-state index is 0.0190. The van der Waals surface area contributed by atoms with Crippen LogP contribution in [0.3, 0.4) is 0 Å². The summed E-state index contributed by atoms with van der Waals surface area (Å²) in [7, 11) is 0. The van der Waals surface area contributed by atoms with Crippen LogP contribution in [0.4, 0.5) is 0 Å². The summed E-state index contributed by atoms with van der Waals surface area (Å²) in [6, 6.07) is 10.9. The van der Waals surface area contributed by atoms with Crippen molar-refractivity contribution >= 4 is 11.8 Å². The van der Waals surface area contributed by atoms with E-state index in [9.17, 15) is 9.59 Å². The van der Waals surface area contributed by atoms with Crippen LogP contribution < -0.4 is 5.32 Å². The molecule has 0 aliphatic carbocycles. The van der Waals surface area contributed by atoms with E-state index in [2.05, 4.69) is 20.5 Å². The van der Waals surface area contributed by atoms with E-state index in [0.717, 1.165) is 11.5 Å². The third-order valence-electron chi connectivity index (χ3n) is 4.69. The van der Waals surface area contributed by atoms with Crippen LogP contribution in [-0.4, -0.2) is 44.5 Å². The lowest BCUT2D eigenvalue weighted by atomic mass is 10.2. The van der Waals surface area contributed by atoms with Gasteiger partial charge in [0.25, 0.3) is 5.91 Å². The number of amides is 2. The fraction of sp³-hybridized carbons (Fsp3) is 0.300. The van der Waals surface area contributed by atoms with Crippen molar-refractivity contribution in [3.05, 3.63) is 59.7 Å². The third kappa shape index (κ3) is 3.95. The Labute approximate surface area is 162 Å². The van der Waals surface area contributed by atoms with Gasteiger partial charge in [-0.3, -0.25) is 19.7 Å². The second kappa shape index (κ2) is 7.67. The molecule has 1 aliphatic heterocycles. The molecular weight excluding hydrogens is 358 g/mol. The molecule has 0 radical (unpaired) electrons. The lowest BCUT2D eigenvalue weighted by molar-refractivity contribution is -0.119. The van der Waals surface area contributed by atoms with E-state index in [1.54, 1.807) is 17.2 Å². The number of nitrogens with one attached hydrogen (secondary N) is 2. The second-order valence-corrected chi connectivity index (χ2v) is 6.89. The van der Waals surface area contributed by atoms with Crippen LogP contribution in [0.25, 0.3) is 11.5 Å². The van der Waals surface area contributed by atoms with E-state index in [0.29, 0.717) is 43.1 Å². The number of nitrogens with zero attached hydrogens (tertiary/aromatic N) is 3. The molecule has 1 saturated heterocycles. The number of carbonyl (C=O) groups excluding carboxylic acids is 2. The molecule has 4 rings (SSSR count). The maximum atomic E-state index is 13.1. The number of aromatic nitrogens is 3. The molecule has 8 heteroatoms. The Kier molecular flexibility index (Phi) is 4.92. The fourth-order valence-corrected chi connectivity index (χ4v) is 3.29. The standard InChI is InChI=1S/C20H21N5O3/c1-13-5-7-18(28-13)16-10-17(24-23-16)20(27)25(11-14-4-2-3-9-21-14)12-15-6-8-19(26)22-15/h2-5,7,9-10,15H,6,8,11-12H2,1H3,(H,22,26)(H,23,24)/t15-/m0/s1. The number of hydrogen-bond donors (Lipinski definition) is 2. The van der Waals surface area contributed by atoms with Crippen LogP contribution >= 0.6 is 0 Å². The van der Waals surface area contributed by atoms with Gasteiger partial charge in [0.15, 0.2) is 11.5 Å². The highest BCUT2D eigenvalue weighted by Crippen LogP contribution is 2.21. The maximum Gasteiger partial charge on any atom is 0.274 e. The van der Waals surface area contributed by atoms with E-state index < -0.39 is 0 Å². The van der Waals surface area contributed by atoms with Gasteiger partial charge in [0.2, 0.25) is 5.91 Å². The Morgan fingerprint density at radius 2 is 2.21 bits per heavy atom. The molecule has 2 N–H and O–H groups in total. The van der Waals surface area contributed by atoms with Crippen molar-refractivity contribution < 1.29 is 14.0 Å². The van der Waals surface area contributed by atoms with Gasteiger partial charge < -0.3 is 14.6 Å². The number of carbonyl (C=O) groups is 2. The summed E-state index contributed by atoms with van der Waals surface area (Å²) in [4.78, 5) is 30.7. The number of aromatic amines is 1. The Balaban J connectivity index is 1.55. The maximum absolute atomic E-state index is 13.1. The molecule has 3 aromatic heterocycles. The minimum Gasteiger partial charge on any atom is -0.460 e. The van der Waals surface area contributed by atoms with Gasteiger partial charge in [-0.15, -0.1) is 0 Å². The first-order valence-corrected chi connectivity index (χ1v) is 9.19. The molecule has 1 aliphatic rings. The number of H-pyrrole nitrogens is 1. The normalized spacial score (nSPS) is 16.2. The van der Waals surface area contributed by atoms with Gasteiger partial charge in [0.1, 0.15) is 11.5 Å². The molecular formula is C20H21N5O3. The quantitative estimate of drug-likeness (QED) is 0.684. The van der Waals surface area contributed by atoms with Crippen LogP contribution in [0.5, 0.6) is 0 Å². The fourth-order valence-electron chi connectivity index (χ4n) is 3.29. The van der Waals surface area contributed by atoms with Crippen molar-refractivity contribution in [1.29, 1.82) is 0 Å². The second-order valence-electron chi connectivity index (χ2n) is 6.89. The average molecular weight is 379 g/mol. The van der Waals surface area contributed by atoms with Gasteiger partial charge in [0.05, 0.1) is 12.2 Å². The highest BCUT2D eigenvalue weighted by molar-refractivity contribution is 5.93. The minimum atomic E-state index is -0.224. The molecule has 1 fully saturated rings. The van der Waals surface area contributed by atoms with E-state index in [1.807, 2.05) is 37.3 Å². The molecule has 4 heterocycles. The van der Waals surface area contributed by atoms with Crippen molar-refractivity contribution in [2.45, 2.75) is 32.4 Å². The summed E-state index contributed by atoms with van der Waals surface area (Å²) in [6.07, 6.45) is 2.89. The zero-order valence-corrected chi connectivity index (χ0v) is 15.5.